The van der Waals surface area contributed by atoms with Gasteiger partial charge in [-0.1, -0.05) is 80.6 Å². The molecule has 5 rings (SSSR count). The van der Waals surface area contributed by atoms with E-state index < -0.39 is 0 Å². The topological polar surface area (TPSA) is 17.1 Å². The molecule has 0 aliphatic heterocycles. The van der Waals surface area contributed by atoms with Crippen molar-refractivity contribution in [3.8, 4) is 0 Å². The van der Waals surface area contributed by atoms with Crippen LogP contribution >= 0.6 is 23.5 Å². The summed E-state index contributed by atoms with van der Waals surface area (Å²) in [5.41, 5.74) is 0.615. The zero-order valence-corrected chi connectivity index (χ0v) is 19.0. The second kappa shape index (κ2) is 7.62. The number of carbonyl (C=O) groups is 1. The Morgan fingerprint density at radius 2 is 1.17 bits per heavy atom. The minimum absolute atomic E-state index is 0.224. The molecule has 152 valence electrons. The first-order valence-corrected chi connectivity index (χ1v) is 12.3. The van der Waals surface area contributed by atoms with Gasteiger partial charge in [-0.3, -0.25) is 4.79 Å². The average Bonchev–Trinajstić information content (AvgIpc) is 3.08. The molecule has 2 aliphatic carbocycles. The van der Waals surface area contributed by atoms with Crippen LogP contribution < -0.4 is 0 Å². The predicted octanol–water partition coefficient (Wildman–Crippen LogP) is 7.09. The molecule has 3 heteroatoms. The van der Waals surface area contributed by atoms with Gasteiger partial charge in [0.15, 0.2) is 0 Å². The van der Waals surface area contributed by atoms with E-state index >= 15 is 0 Å². The first kappa shape index (κ1) is 20.0. The Kier molecular flexibility index (Phi) is 5.07. The lowest BCUT2D eigenvalue weighted by Gasteiger charge is -2.43. The van der Waals surface area contributed by atoms with Crippen molar-refractivity contribution in [2.75, 3.05) is 0 Å². The van der Waals surface area contributed by atoms with Gasteiger partial charge in [0, 0.05) is 31.1 Å². The molecule has 0 spiro atoms. The summed E-state index contributed by atoms with van der Waals surface area (Å²) < 4.78 is 0. The van der Waals surface area contributed by atoms with Crippen molar-refractivity contribution in [3.05, 3.63) is 96.6 Å². The molecule has 0 aromatic heterocycles. The highest BCUT2D eigenvalue weighted by molar-refractivity contribution is 8.04. The van der Waals surface area contributed by atoms with Crippen molar-refractivity contribution in [2.45, 2.75) is 46.5 Å². The number of benzene rings is 3. The first-order chi connectivity index (χ1) is 14.5. The molecule has 1 nitrogen and oxygen atoms in total. The summed E-state index contributed by atoms with van der Waals surface area (Å²) in [6, 6.07) is 31.9. The highest BCUT2D eigenvalue weighted by Crippen LogP contribution is 2.71. The molecule has 3 aromatic carbocycles. The van der Waals surface area contributed by atoms with Crippen LogP contribution in [0.2, 0.25) is 0 Å². The summed E-state index contributed by atoms with van der Waals surface area (Å²) in [6.45, 7) is 4.47. The zero-order valence-electron chi connectivity index (χ0n) is 17.3. The lowest BCUT2D eigenvalue weighted by Crippen LogP contribution is -2.41. The minimum Gasteiger partial charge on any atom is -0.298 e. The van der Waals surface area contributed by atoms with Gasteiger partial charge in [-0.2, -0.15) is 0 Å². The normalized spacial score (nSPS) is 32.5. The lowest BCUT2D eigenvalue weighted by atomic mass is 9.71. The SMILES string of the molecule is C[C@@]12C(=O)[C@@](C)(C[C@H]1c1ccccc1)[C@@H](Sc1ccccc1)[C@@H]2Sc1ccccc1. The number of hydrogen-bond acceptors (Lipinski definition) is 3. The molecule has 2 aliphatic rings. The van der Waals surface area contributed by atoms with Gasteiger partial charge in [0.05, 0.1) is 0 Å². The van der Waals surface area contributed by atoms with Crippen LogP contribution in [0, 0.1) is 10.8 Å². The number of ketones is 1. The smallest absolute Gasteiger partial charge is 0.147 e. The van der Waals surface area contributed by atoms with Gasteiger partial charge in [-0.05, 0) is 42.2 Å². The second-order valence-corrected chi connectivity index (χ2v) is 11.3. The third kappa shape index (κ3) is 3.06. The fourth-order valence-corrected chi connectivity index (χ4v) is 8.90. The maximum Gasteiger partial charge on any atom is 0.147 e. The van der Waals surface area contributed by atoms with Gasteiger partial charge in [0.25, 0.3) is 0 Å². The summed E-state index contributed by atoms with van der Waals surface area (Å²) in [5.74, 6) is 0.718. The van der Waals surface area contributed by atoms with Crippen LogP contribution in [0.15, 0.2) is 101 Å². The standard InChI is InChI=1S/C27H26OS2/c1-26-18-22(19-12-6-3-7-13-19)27(2,25(26)28)24(30-21-16-10-5-11-17-21)23(26)29-20-14-8-4-9-15-20/h3-17,22-24H,18H2,1-2H3/t22-,23-,24-,26-,27+/m0/s1. The third-order valence-electron chi connectivity index (χ3n) is 7.07. The van der Waals surface area contributed by atoms with Gasteiger partial charge in [-0.25, -0.2) is 0 Å². The largest absolute Gasteiger partial charge is 0.298 e. The van der Waals surface area contributed by atoms with Crippen molar-refractivity contribution < 1.29 is 4.79 Å². The molecular weight excluding hydrogens is 404 g/mol. The number of hydrogen-bond donors (Lipinski definition) is 0. The fourth-order valence-electron chi connectivity index (χ4n) is 5.54. The molecule has 2 bridgehead atoms. The van der Waals surface area contributed by atoms with Gasteiger partial charge in [0.1, 0.15) is 5.78 Å². The second-order valence-electron chi connectivity index (χ2n) is 8.90. The molecule has 0 amide bonds. The van der Waals surface area contributed by atoms with Crippen molar-refractivity contribution in [1.82, 2.24) is 0 Å². The Balaban J connectivity index is 1.58. The summed E-state index contributed by atoms with van der Waals surface area (Å²) in [7, 11) is 0. The van der Waals surface area contributed by atoms with Crippen LogP contribution in [0.3, 0.4) is 0 Å². The average molecular weight is 431 g/mol. The van der Waals surface area contributed by atoms with E-state index in [0.717, 1.165) is 6.42 Å². The van der Waals surface area contributed by atoms with Crippen molar-refractivity contribution in [1.29, 1.82) is 0 Å². The monoisotopic (exact) mass is 430 g/mol. The highest BCUT2D eigenvalue weighted by atomic mass is 32.2. The lowest BCUT2D eigenvalue weighted by molar-refractivity contribution is -0.128. The van der Waals surface area contributed by atoms with E-state index in [4.69, 9.17) is 0 Å². The molecule has 0 heterocycles. The van der Waals surface area contributed by atoms with Gasteiger partial charge < -0.3 is 0 Å². The Morgan fingerprint density at radius 1 is 0.700 bits per heavy atom. The zero-order chi connectivity index (χ0) is 20.8. The van der Waals surface area contributed by atoms with Crippen LogP contribution in [0.25, 0.3) is 0 Å². The van der Waals surface area contributed by atoms with E-state index in [-0.39, 0.29) is 27.2 Å². The van der Waals surface area contributed by atoms with Crippen LogP contribution in [0.5, 0.6) is 0 Å². The molecular formula is C27H26OS2. The van der Waals surface area contributed by atoms with Crippen LogP contribution in [-0.4, -0.2) is 16.3 Å². The Bertz CT molecular complexity index is 1040. The summed E-state index contributed by atoms with van der Waals surface area (Å²) >= 11 is 3.80. The summed E-state index contributed by atoms with van der Waals surface area (Å²) in [6.07, 6.45) is 0.933. The number of Topliss-reactive ketones (excluding diaryl/α,β-unsaturated/α-hetero) is 1. The predicted molar refractivity (Wildman–Crippen MR) is 127 cm³/mol. The highest BCUT2D eigenvalue weighted by Gasteiger charge is 2.72. The minimum atomic E-state index is -0.372. The van der Waals surface area contributed by atoms with Crippen molar-refractivity contribution in [3.63, 3.8) is 0 Å². The van der Waals surface area contributed by atoms with E-state index in [1.165, 1.54) is 15.4 Å². The Hall–Kier alpha value is -1.97. The quantitative estimate of drug-likeness (QED) is 0.430. The van der Waals surface area contributed by atoms with E-state index in [1.807, 2.05) is 23.5 Å². The molecule has 5 atom stereocenters. The third-order valence-corrected chi connectivity index (χ3v) is 10.4. The Labute approximate surface area is 187 Å². The van der Waals surface area contributed by atoms with Gasteiger partial charge in [0.2, 0.25) is 0 Å². The number of thioether (sulfide) groups is 2. The molecule has 2 fully saturated rings. The molecule has 30 heavy (non-hydrogen) atoms. The molecule has 2 saturated carbocycles. The van der Waals surface area contributed by atoms with E-state index in [0.29, 0.717) is 5.78 Å². The fraction of sp³-hybridized carbons (Fsp3) is 0.296. The van der Waals surface area contributed by atoms with E-state index in [9.17, 15) is 4.79 Å². The van der Waals surface area contributed by atoms with E-state index in [1.54, 1.807) is 0 Å². The van der Waals surface area contributed by atoms with Gasteiger partial charge >= 0.3 is 0 Å². The molecule has 0 unspecified atom stereocenters. The van der Waals surface area contributed by atoms with Gasteiger partial charge in [-0.15, -0.1) is 23.5 Å². The number of fused-ring (bicyclic) bond motifs is 2. The molecule has 0 saturated heterocycles. The molecule has 0 N–H and O–H groups in total. The molecule has 3 aromatic rings. The maximum absolute atomic E-state index is 14.0. The first-order valence-electron chi connectivity index (χ1n) is 10.6. The molecule has 0 radical (unpaired) electrons. The van der Waals surface area contributed by atoms with Crippen molar-refractivity contribution in [2.24, 2.45) is 10.8 Å². The van der Waals surface area contributed by atoms with E-state index in [2.05, 4.69) is 105 Å². The Morgan fingerprint density at radius 3 is 1.70 bits per heavy atom. The van der Waals surface area contributed by atoms with Crippen LogP contribution in [-0.2, 0) is 4.79 Å². The van der Waals surface area contributed by atoms with Crippen LogP contribution in [0.4, 0.5) is 0 Å². The number of rotatable bonds is 5. The maximum atomic E-state index is 14.0. The summed E-state index contributed by atoms with van der Waals surface area (Å²) in [4.78, 5) is 16.5. The summed E-state index contributed by atoms with van der Waals surface area (Å²) in [5, 5.41) is 0.476. The van der Waals surface area contributed by atoms with Crippen molar-refractivity contribution >= 4 is 29.3 Å². The number of carbonyl (C=O) groups excluding carboxylic acids is 1. The van der Waals surface area contributed by atoms with Crippen LogP contribution in [0.1, 0.15) is 31.7 Å².